The first-order valence-corrected chi connectivity index (χ1v) is 10.4. The summed E-state index contributed by atoms with van der Waals surface area (Å²) < 4.78 is 0. The fraction of sp³-hybridized carbons (Fsp3) is 0.591. The van der Waals surface area contributed by atoms with Crippen LogP contribution in [0.15, 0.2) is 29.1 Å². The summed E-state index contributed by atoms with van der Waals surface area (Å²) in [4.78, 5) is 34.3. The average Bonchev–Trinajstić information content (AvgIpc) is 3.31. The molecule has 1 aromatic carbocycles. The first-order chi connectivity index (χ1) is 13.4. The van der Waals surface area contributed by atoms with Gasteiger partial charge in [-0.2, -0.15) is 0 Å². The van der Waals surface area contributed by atoms with E-state index in [-0.39, 0.29) is 23.6 Å². The molecule has 4 rings (SSSR count). The Bertz CT molecular complexity index is 924. The van der Waals surface area contributed by atoms with Crippen molar-refractivity contribution in [2.75, 3.05) is 7.05 Å². The minimum absolute atomic E-state index is 0.0425. The Hall–Kier alpha value is -2.21. The third kappa shape index (κ3) is 3.70. The molecule has 2 aliphatic rings. The van der Waals surface area contributed by atoms with Gasteiger partial charge in [-0.25, -0.2) is 4.98 Å². The number of H-pyrrole nitrogens is 1. The number of benzene rings is 1. The Morgan fingerprint density at radius 1 is 1.29 bits per heavy atom. The van der Waals surface area contributed by atoms with Crippen LogP contribution in [-0.2, 0) is 11.3 Å². The molecule has 0 aliphatic heterocycles. The molecule has 1 heterocycles. The maximum absolute atomic E-state index is 12.8. The second kappa shape index (κ2) is 7.66. The van der Waals surface area contributed by atoms with Crippen LogP contribution in [0.2, 0.25) is 0 Å². The molecule has 2 fully saturated rings. The summed E-state index contributed by atoms with van der Waals surface area (Å²) in [7, 11) is 1.89. The summed E-state index contributed by atoms with van der Waals surface area (Å²) in [6.45, 7) is 4.47. The quantitative estimate of drug-likeness (QED) is 0.805. The second-order valence-electron chi connectivity index (χ2n) is 8.76. The number of nitrogens with zero attached hydrogens (tertiary/aromatic N) is 2. The van der Waals surface area contributed by atoms with Crippen molar-refractivity contribution < 1.29 is 4.79 Å². The van der Waals surface area contributed by atoms with Crippen molar-refractivity contribution in [1.29, 1.82) is 0 Å². The van der Waals surface area contributed by atoms with Crippen molar-refractivity contribution in [3.8, 4) is 0 Å². The van der Waals surface area contributed by atoms with Crippen molar-refractivity contribution in [2.24, 2.45) is 17.8 Å². The second-order valence-corrected chi connectivity index (χ2v) is 8.76. The summed E-state index contributed by atoms with van der Waals surface area (Å²) in [5.41, 5.74) is 0.535. The molecule has 0 unspecified atom stereocenters. The molecule has 28 heavy (non-hydrogen) atoms. The van der Waals surface area contributed by atoms with Crippen LogP contribution in [0.5, 0.6) is 0 Å². The number of nitrogens with one attached hydrogen (secondary N) is 2. The molecule has 0 spiro atoms. The molecule has 0 saturated heterocycles. The van der Waals surface area contributed by atoms with Crippen LogP contribution in [0.1, 0.15) is 45.4 Å². The molecule has 0 radical (unpaired) electrons. The van der Waals surface area contributed by atoms with E-state index in [4.69, 9.17) is 0 Å². The van der Waals surface area contributed by atoms with Gasteiger partial charge in [0.2, 0.25) is 5.91 Å². The van der Waals surface area contributed by atoms with Gasteiger partial charge in [-0.05, 0) is 70.0 Å². The molecule has 1 amide bonds. The van der Waals surface area contributed by atoms with Gasteiger partial charge in [0.15, 0.2) is 0 Å². The van der Waals surface area contributed by atoms with E-state index in [1.165, 1.54) is 25.7 Å². The number of amides is 1. The SMILES string of the molecule is C[C@H](NC(=O)[C@H](C)N(C)Cc1nc2ccccc2c(=O)[nH]1)[C@H]1C[C@H]2CC[C@H]1C2. The van der Waals surface area contributed by atoms with E-state index < -0.39 is 0 Å². The Morgan fingerprint density at radius 2 is 2.07 bits per heavy atom. The Labute approximate surface area is 165 Å². The molecule has 2 N–H and O–H groups in total. The first-order valence-electron chi connectivity index (χ1n) is 10.4. The van der Waals surface area contributed by atoms with E-state index in [1.54, 1.807) is 6.07 Å². The van der Waals surface area contributed by atoms with E-state index in [0.717, 1.165) is 11.8 Å². The Kier molecular flexibility index (Phi) is 5.23. The van der Waals surface area contributed by atoms with Gasteiger partial charge in [-0.3, -0.25) is 14.5 Å². The van der Waals surface area contributed by atoms with Crippen LogP contribution in [-0.4, -0.2) is 39.9 Å². The third-order valence-electron chi connectivity index (χ3n) is 6.91. The van der Waals surface area contributed by atoms with Gasteiger partial charge in [0.1, 0.15) is 5.82 Å². The van der Waals surface area contributed by atoms with Crippen molar-refractivity contribution in [1.82, 2.24) is 20.2 Å². The van der Waals surface area contributed by atoms with Crippen LogP contribution in [0.4, 0.5) is 0 Å². The van der Waals surface area contributed by atoms with Crippen molar-refractivity contribution >= 4 is 16.8 Å². The van der Waals surface area contributed by atoms with Crippen LogP contribution < -0.4 is 10.9 Å². The molecule has 1 aromatic heterocycles. The Morgan fingerprint density at radius 3 is 2.79 bits per heavy atom. The lowest BCUT2D eigenvalue weighted by molar-refractivity contribution is -0.126. The first kappa shape index (κ1) is 19.1. The van der Waals surface area contributed by atoms with Crippen molar-refractivity contribution in [3.63, 3.8) is 0 Å². The number of hydrogen-bond acceptors (Lipinski definition) is 4. The molecule has 5 atom stereocenters. The Balaban J connectivity index is 1.38. The number of fused-ring (bicyclic) bond motifs is 3. The number of carbonyl (C=O) groups excluding carboxylic acids is 1. The number of carbonyl (C=O) groups is 1. The standard InChI is InChI=1S/C22H30N4O2/c1-13(18-11-15-8-9-16(18)10-15)23-21(27)14(2)26(3)12-20-24-19-7-5-4-6-17(19)22(28)25-20/h4-7,13-16,18H,8-12H2,1-3H3,(H,23,27)(H,24,25,28)/t13-,14-,15-,16-,18+/m0/s1. The summed E-state index contributed by atoms with van der Waals surface area (Å²) in [6.07, 6.45) is 5.31. The smallest absolute Gasteiger partial charge is 0.258 e. The molecule has 6 heteroatoms. The molecule has 2 aliphatic carbocycles. The van der Waals surface area contributed by atoms with Crippen molar-refractivity contribution in [3.05, 3.63) is 40.4 Å². The zero-order chi connectivity index (χ0) is 19.8. The minimum atomic E-state index is -0.294. The fourth-order valence-electron chi connectivity index (χ4n) is 5.14. The van der Waals surface area contributed by atoms with Gasteiger partial charge in [0, 0.05) is 6.04 Å². The summed E-state index contributed by atoms with van der Waals surface area (Å²) in [5, 5.41) is 3.82. The monoisotopic (exact) mass is 382 g/mol. The number of hydrogen-bond donors (Lipinski definition) is 2. The fourth-order valence-corrected chi connectivity index (χ4v) is 5.14. The maximum Gasteiger partial charge on any atom is 0.258 e. The van der Waals surface area contributed by atoms with Crippen LogP contribution in [0.3, 0.4) is 0 Å². The zero-order valence-electron chi connectivity index (χ0n) is 16.9. The van der Waals surface area contributed by atoms with Gasteiger partial charge >= 0.3 is 0 Å². The minimum Gasteiger partial charge on any atom is -0.352 e. The molecular weight excluding hydrogens is 352 g/mol. The number of aromatic nitrogens is 2. The summed E-state index contributed by atoms with van der Waals surface area (Å²) in [6, 6.07) is 7.22. The number of aromatic amines is 1. The van der Waals surface area contributed by atoms with E-state index in [1.807, 2.05) is 37.1 Å². The van der Waals surface area contributed by atoms with Crippen LogP contribution in [0.25, 0.3) is 10.9 Å². The van der Waals surface area contributed by atoms with Gasteiger partial charge < -0.3 is 10.3 Å². The normalized spacial score (nSPS) is 25.9. The van der Waals surface area contributed by atoms with E-state index in [0.29, 0.717) is 29.2 Å². The van der Waals surface area contributed by atoms with E-state index in [2.05, 4.69) is 22.2 Å². The van der Waals surface area contributed by atoms with Gasteiger partial charge in [-0.1, -0.05) is 18.6 Å². The molecule has 150 valence electrons. The average molecular weight is 383 g/mol. The predicted molar refractivity (Wildman–Crippen MR) is 110 cm³/mol. The molecule has 2 aromatic rings. The van der Waals surface area contributed by atoms with Gasteiger partial charge in [0.05, 0.1) is 23.5 Å². The predicted octanol–water partition coefficient (Wildman–Crippen LogP) is 2.68. The molecule has 2 bridgehead atoms. The molecular formula is C22H30N4O2. The van der Waals surface area contributed by atoms with Crippen LogP contribution in [0, 0.1) is 17.8 Å². The topological polar surface area (TPSA) is 78.1 Å². The molecule has 2 saturated carbocycles. The number of likely N-dealkylation sites (N-methyl/N-ethyl adjacent to an activating group) is 1. The zero-order valence-corrected chi connectivity index (χ0v) is 16.9. The lowest BCUT2D eigenvalue weighted by atomic mass is 9.84. The van der Waals surface area contributed by atoms with E-state index >= 15 is 0 Å². The third-order valence-corrected chi connectivity index (χ3v) is 6.91. The number of rotatable bonds is 6. The lowest BCUT2D eigenvalue weighted by Crippen LogP contribution is -2.48. The summed E-state index contributed by atoms with van der Waals surface area (Å²) in [5.74, 6) is 2.91. The van der Waals surface area contributed by atoms with Gasteiger partial charge in [-0.15, -0.1) is 0 Å². The maximum atomic E-state index is 12.8. The van der Waals surface area contributed by atoms with E-state index in [9.17, 15) is 9.59 Å². The van der Waals surface area contributed by atoms with Gasteiger partial charge in [0.25, 0.3) is 5.56 Å². The molecule has 6 nitrogen and oxygen atoms in total. The highest BCUT2D eigenvalue weighted by Gasteiger charge is 2.42. The summed E-state index contributed by atoms with van der Waals surface area (Å²) >= 11 is 0. The number of para-hydroxylation sites is 1. The van der Waals surface area contributed by atoms with Crippen molar-refractivity contribution in [2.45, 2.75) is 58.2 Å². The largest absolute Gasteiger partial charge is 0.352 e. The highest BCUT2D eigenvalue weighted by molar-refractivity contribution is 5.81. The highest BCUT2D eigenvalue weighted by atomic mass is 16.2. The van der Waals surface area contributed by atoms with Crippen LogP contribution >= 0.6 is 0 Å². The highest BCUT2D eigenvalue weighted by Crippen LogP contribution is 2.49. The lowest BCUT2D eigenvalue weighted by Gasteiger charge is -2.31.